The minimum Gasteiger partial charge on any atom is -0.489 e. The van der Waals surface area contributed by atoms with Crippen LogP contribution in [0.15, 0.2) is 48.6 Å². The Bertz CT molecular complexity index is 2450. The third-order valence-electron chi connectivity index (χ3n) is 9.89. The number of carbonyl (C=O) groups is 4. The Morgan fingerprint density at radius 2 is 1.11 bits per heavy atom. The van der Waals surface area contributed by atoms with E-state index in [4.69, 9.17) is 9.47 Å². The number of aryl methyl sites for hydroxylation is 4. The zero-order valence-corrected chi connectivity index (χ0v) is 30.9. The number of hydrogen-bond acceptors (Lipinski definition) is 10. The molecular formula is C38H38N10O8. The van der Waals surface area contributed by atoms with Crippen molar-refractivity contribution in [3.05, 3.63) is 82.5 Å². The molecule has 0 saturated carbocycles. The third-order valence-corrected chi connectivity index (χ3v) is 9.89. The van der Waals surface area contributed by atoms with Crippen LogP contribution in [0.4, 0.5) is 11.9 Å². The molecule has 56 heavy (non-hydrogen) atoms. The van der Waals surface area contributed by atoms with Gasteiger partial charge < -0.3 is 19.7 Å². The van der Waals surface area contributed by atoms with Gasteiger partial charge in [-0.1, -0.05) is 12.2 Å². The number of hydrogen-bond donors (Lipinski definition) is 4. The van der Waals surface area contributed by atoms with E-state index in [0.717, 1.165) is 0 Å². The predicted octanol–water partition coefficient (Wildman–Crippen LogP) is 5.24. The van der Waals surface area contributed by atoms with E-state index in [0.29, 0.717) is 82.3 Å². The average Bonchev–Trinajstić information content (AvgIpc) is 3.95. The molecule has 18 nitrogen and oxygen atoms in total. The Balaban J connectivity index is 1.08. The molecule has 2 atom stereocenters. The van der Waals surface area contributed by atoms with Gasteiger partial charge in [0.15, 0.2) is 0 Å². The highest BCUT2D eigenvalue weighted by molar-refractivity contribution is 6.05. The molecule has 2 aromatic carbocycles. The molecule has 0 spiro atoms. The van der Waals surface area contributed by atoms with Gasteiger partial charge in [0, 0.05) is 13.1 Å². The van der Waals surface area contributed by atoms with E-state index in [2.05, 4.69) is 30.8 Å². The summed E-state index contributed by atoms with van der Waals surface area (Å²) >= 11 is 0. The van der Waals surface area contributed by atoms with E-state index in [1.165, 1.54) is 24.3 Å². The summed E-state index contributed by atoms with van der Waals surface area (Å²) in [6.45, 7) is 8.73. The number of nitrogens with one attached hydrogen (secondary N) is 2. The van der Waals surface area contributed by atoms with Crippen LogP contribution in [0.25, 0.3) is 22.1 Å². The zero-order valence-electron chi connectivity index (χ0n) is 30.9. The van der Waals surface area contributed by atoms with Gasteiger partial charge in [-0.25, -0.2) is 19.6 Å². The Labute approximate surface area is 318 Å². The Morgan fingerprint density at radius 3 is 1.48 bits per heavy atom. The van der Waals surface area contributed by atoms with Crippen LogP contribution in [0.3, 0.4) is 0 Å². The number of anilines is 2. The van der Waals surface area contributed by atoms with Crippen LogP contribution in [-0.2, 0) is 13.1 Å². The molecule has 2 aliphatic heterocycles. The smallest absolute Gasteiger partial charge is 0.335 e. The summed E-state index contributed by atoms with van der Waals surface area (Å²) in [7, 11) is 0. The number of imidazole rings is 2. The van der Waals surface area contributed by atoms with Gasteiger partial charge in [-0.15, -0.1) is 0 Å². The molecule has 18 heteroatoms. The van der Waals surface area contributed by atoms with Crippen LogP contribution in [0.5, 0.6) is 11.5 Å². The molecule has 0 radical (unpaired) electrons. The number of carboxylic acids is 2. The van der Waals surface area contributed by atoms with Gasteiger partial charge in [-0.2, -0.15) is 10.2 Å². The van der Waals surface area contributed by atoms with Crippen LogP contribution in [0.2, 0.25) is 0 Å². The van der Waals surface area contributed by atoms with E-state index in [9.17, 15) is 29.4 Å². The lowest BCUT2D eigenvalue weighted by Gasteiger charge is -2.27. The van der Waals surface area contributed by atoms with Gasteiger partial charge in [0.05, 0.1) is 45.6 Å². The molecule has 8 rings (SSSR count). The quantitative estimate of drug-likeness (QED) is 0.118. The highest BCUT2D eigenvalue weighted by Gasteiger charge is 2.31. The van der Waals surface area contributed by atoms with Crippen LogP contribution in [-0.4, -0.2) is 85.8 Å². The van der Waals surface area contributed by atoms with E-state index in [1.807, 2.05) is 35.1 Å². The Hall–Kier alpha value is -6.98. The number of amides is 2. The highest BCUT2D eigenvalue weighted by Crippen LogP contribution is 2.40. The molecule has 4 aromatic heterocycles. The molecule has 0 saturated heterocycles. The SMILES string of the molecule is CCn1nc(C)cc1C(=O)Nc1nc2cc(C(=O)O)cc3c2n1[C@@H](C/C=C\C[C@H]1COc2cc(C(=O)O)cc4nc(NC(=O)c5cc(C)nn5CC)n1c24)CO3. The lowest BCUT2D eigenvalue weighted by Crippen LogP contribution is -2.26. The van der Waals surface area contributed by atoms with Crippen LogP contribution < -0.4 is 20.1 Å². The Kier molecular flexibility index (Phi) is 9.02. The van der Waals surface area contributed by atoms with Gasteiger partial charge in [-0.05, 0) is 76.9 Å². The number of ether oxygens (including phenoxy) is 2. The highest BCUT2D eigenvalue weighted by atomic mass is 16.5. The summed E-state index contributed by atoms with van der Waals surface area (Å²) in [5, 5.41) is 34.1. The maximum absolute atomic E-state index is 13.5. The van der Waals surface area contributed by atoms with Crippen molar-refractivity contribution in [2.75, 3.05) is 23.8 Å². The maximum atomic E-state index is 13.5. The van der Waals surface area contributed by atoms with Crippen molar-refractivity contribution in [2.24, 2.45) is 0 Å². The van der Waals surface area contributed by atoms with Gasteiger partial charge >= 0.3 is 11.9 Å². The van der Waals surface area contributed by atoms with Crippen molar-refractivity contribution in [1.29, 1.82) is 0 Å². The van der Waals surface area contributed by atoms with Crippen LogP contribution in [0, 0.1) is 13.8 Å². The summed E-state index contributed by atoms with van der Waals surface area (Å²) in [5.41, 5.74) is 4.00. The normalized spacial score (nSPS) is 15.9. The fourth-order valence-corrected chi connectivity index (χ4v) is 7.39. The zero-order chi connectivity index (χ0) is 39.4. The van der Waals surface area contributed by atoms with E-state index in [-0.39, 0.29) is 48.3 Å². The largest absolute Gasteiger partial charge is 0.489 e. The number of benzene rings is 2. The van der Waals surface area contributed by atoms with Crippen molar-refractivity contribution in [3.8, 4) is 11.5 Å². The Morgan fingerprint density at radius 1 is 0.696 bits per heavy atom. The molecule has 0 bridgehead atoms. The molecule has 2 amide bonds. The van der Waals surface area contributed by atoms with E-state index in [1.54, 1.807) is 35.3 Å². The van der Waals surface area contributed by atoms with Crippen molar-refractivity contribution >= 4 is 57.7 Å². The fraction of sp³-hybridized carbons (Fsp3) is 0.316. The van der Waals surface area contributed by atoms with Gasteiger partial charge in [-0.3, -0.25) is 38.7 Å². The molecule has 288 valence electrons. The minimum atomic E-state index is -1.13. The first-order valence-electron chi connectivity index (χ1n) is 18.1. The first-order valence-corrected chi connectivity index (χ1v) is 18.1. The lowest BCUT2D eigenvalue weighted by atomic mass is 10.1. The summed E-state index contributed by atoms with van der Waals surface area (Å²) in [6.07, 6.45) is 4.87. The van der Waals surface area contributed by atoms with Crippen molar-refractivity contribution in [2.45, 2.75) is 65.7 Å². The molecule has 0 aliphatic carbocycles. The maximum Gasteiger partial charge on any atom is 0.335 e. The molecule has 0 fully saturated rings. The minimum absolute atomic E-state index is 0.0128. The summed E-state index contributed by atoms with van der Waals surface area (Å²) in [4.78, 5) is 60.2. The van der Waals surface area contributed by atoms with Crippen LogP contribution >= 0.6 is 0 Å². The number of allylic oxidation sites excluding steroid dienone is 2. The molecule has 0 unspecified atom stereocenters. The molecule has 6 aromatic rings. The lowest BCUT2D eigenvalue weighted by molar-refractivity contribution is 0.0685. The summed E-state index contributed by atoms with van der Waals surface area (Å²) in [5.74, 6) is -1.88. The first kappa shape index (κ1) is 36.0. The number of carboxylic acid groups (broad SMARTS) is 2. The second-order valence-electron chi connectivity index (χ2n) is 13.7. The molecule has 4 N–H and O–H groups in total. The van der Waals surface area contributed by atoms with Crippen molar-refractivity contribution < 1.29 is 38.9 Å². The number of carbonyl (C=O) groups excluding carboxylic acids is 2. The van der Waals surface area contributed by atoms with Gasteiger partial charge in [0.25, 0.3) is 11.8 Å². The van der Waals surface area contributed by atoms with Gasteiger partial charge in [0.1, 0.15) is 47.1 Å². The van der Waals surface area contributed by atoms with E-state index < -0.39 is 23.8 Å². The number of nitrogens with zero attached hydrogens (tertiary/aromatic N) is 8. The predicted molar refractivity (Wildman–Crippen MR) is 202 cm³/mol. The average molecular weight is 763 g/mol. The monoisotopic (exact) mass is 762 g/mol. The second-order valence-corrected chi connectivity index (χ2v) is 13.7. The standard InChI is InChI=1S/C38H38N10O8/c1-5-45-27(11-19(3)43-45)33(49)41-37-39-25-13-21(35(51)52)15-29-31(25)47(37)23(17-55-29)9-7-8-10-24-18-56-30-16-22(36(53)54)14-26-32(30)48(24)38(40-26)42-34(50)28-12-20(4)44-46(28)6-2/h7-8,11-16,23-24H,5-6,9-10,17-18H2,1-4H3,(H,51,52)(H,53,54)(H,39,41,49)(H,40,42,50)/b8-7-/t23-,24-/m0/s1. The topological polar surface area (TPSA) is 223 Å². The van der Waals surface area contributed by atoms with Crippen molar-refractivity contribution in [3.63, 3.8) is 0 Å². The summed E-state index contributed by atoms with van der Waals surface area (Å²) < 4.78 is 19.1. The van der Waals surface area contributed by atoms with Crippen LogP contribution in [0.1, 0.15) is 91.9 Å². The summed E-state index contributed by atoms with van der Waals surface area (Å²) in [6, 6.07) is 8.55. The third kappa shape index (κ3) is 6.27. The number of aromatic carboxylic acids is 2. The fourth-order valence-electron chi connectivity index (χ4n) is 7.39. The molecule has 6 heterocycles. The first-order chi connectivity index (χ1) is 26.9. The van der Waals surface area contributed by atoms with Crippen molar-refractivity contribution in [1.82, 2.24) is 38.7 Å². The molecule has 2 aliphatic rings. The van der Waals surface area contributed by atoms with Gasteiger partial charge in [0.2, 0.25) is 11.9 Å². The number of rotatable bonds is 12. The second kappa shape index (κ2) is 14.0. The number of aromatic nitrogens is 8. The molecular weight excluding hydrogens is 724 g/mol. The van der Waals surface area contributed by atoms with E-state index >= 15 is 0 Å².